The Morgan fingerprint density at radius 2 is 1.79 bits per heavy atom. The molecule has 11 heteroatoms. The van der Waals surface area contributed by atoms with Crippen molar-refractivity contribution in [1.82, 2.24) is 9.66 Å². The summed E-state index contributed by atoms with van der Waals surface area (Å²) in [4.78, 5) is 29.6. The minimum Gasteiger partial charge on any atom is -0.490 e. The fourth-order valence-corrected chi connectivity index (χ4v) is 4.49. The summed E-state index contributed by atoms with van der Waals surface area (Å²) >= 11 is 6.79. The molecule has 0 fully saturated rings. The predicted octanol–water partition coefficient (Wildman–Crippen LogP) is 7.20. The van der Waals surface area contributed by atoms with Gasteiger partial charge in [-0.15, -0.1) is 0 Å². The maximum Gasteiger partial charge on any atom is 0.315 e. The molecule has 39 heavy (non-hydrogen) atoms. The van der Waals surface area contributed by atoms with Gasteiger partial charge < -0.3 is 9.47 Å². The van der Waals surface area contributed by atoms with E-state index >= 15 is 0 Å². The SMILES string of the molecule is CCOc1cc(C=Nn2c([C@H](C)CC)nc3ccc(Br)cc3c2=O)cc([N+](=O)[O-])c1OCc1ccc(Br)cc1. The zero-order chi connectivity index (χ0) is 28.1. The Morgan fingerprint density at radius 3 is 2.46 bits per heavy atom. The van der Waals surface area contributed by atoms with E-state index in [4.69, 9.17) is 14.5 Å². The molecule has 0 saturated heterocycles. The minimum absolute atomic E-state index is 0.0246. The van der Waals surface area contributed by atoms with Crippen molar-refractivity contribution in [3.63, 3.8) is 0 Å². The molecule has 1 aromatic heterocycles. The summed E-state index contributed by atoms with van der Waals surface area (Å²) in [6, 6.07) is 15.7. The number of rotatable bonds is 10. The molecule has 0 aliphatic carbocycles. The molecule has 0 unspecified atom stereocenters. The van der Waals surface area contributed by atoms with Crippen LogP contribution in [0.1, 0.15) is 50.1 Å². The summed E-state index contributed by atoms with van der Waals surface area (Å²) in [6.45, 7) is 6.14. The van der Waals surface area contributed by atoms with Crippen molar-refractivity contribution in [2.75, 3.05) is 6.61 Å². The molecule has 0 radical (unpaired) electrons. The molecule has 202 valence electrons. The van der Waals surface area contributed by atoms with Crippen LogP contribution in [0.25, 0.3) is 10.9 Å². The monoisotopic (exact) mass is 656 g/mol. The number of fused-ring (bicyclic) bond motifs is 1. The van der Waals surface area contributed by atoms with Gasteiger partial charge in [0.15, 0.2) is 5.75 Å². The molecule has 4 aromatic rings. The first-order valence-electron chi connectivity index (χ1n) is 12.3. The number of aromatic nitrogens is 2. The van der Waals surface area contributed by atoms with E-state index in [1.165, 1.54) is 17.0 Å². The molecule has 1 heterocycles. The van der Waals surface area contributed by atoms with E-state index in [1.807, 2.05) is 44.2 Å². The van der Waals surface area contributed by atoms with Crippen LogP contribution in [0.4, 0.5) is 5.69 Å². The third-order valence-electron chi connectivity index (χ3n) is 6.06. The van der Waals surface area contributed by atoms with Crippen LogP contribution < -0.4 is 15.0 Å². The minimum atomic E-state index is -0.525. The Kier molecular flexibility index (Phi) is 9.13. The van der Waals surface area contributed by atoms with Crippen LogP contribution in [-0.4, -0.2) is 27.4 Å². The molecule has 0 saturated carbocycles. The molecule has 1 atom stereocenters. The normalized spacial score (nSPS) is 12.1. The molecule has 0 amide bonds. The van der Waals surface area contributed by atoms with Gasteiger partial charge in [-0.25, -0.2) is 4.98 Å². The lowest BCUT2D eigenvalue weighted by Crippen LogP contribution is -2.23. The number of nitro groups is 1. The molecular weight excluding hydrogens is 632 g/mol. The van der Waals surface area contributed by atoms with Crippen molar-refractivity contribution < 1.29 is 14.4 Å². The van der Waals surface area contributed by atoms with Gasteiger partial charge in [0.25, 0.3) is 5.56 Å². The van der Waals surface area contributed by atoms with Gasteiger partial charge in [-0.1, -0.05) is 57.8 Å². The molecule has 0 bridgehead atoms. The van der Waals surface area contributed by atoms with E-state index < -0.39 is 4.92 Å². The molecule has 0 N–H and O–H groups in total. The molecule has 3 aromatic carbocycles. The van der Waals surface area contributed by atoms with Gasteiger partial charge in [-0.2, -0.15) is 9.78 Å². The average molecular weight is 658 g/mol. The smallest absolute Gasteiger partial charge is 0.315 e. The fraction of sp³-hybridized carbons (Fsp3) is 0.250. The summed E-state index contributed by atoms with van der Waals surface area (Å²) in [5.41, 5.74) is 1.19. The molecule has 9 nitrogen and oxygen atoms in total. The van der Waals surface area contributed by atoms with Gasteiger partial charge >= 0.3 is 5.69 Å². The van der Waals surface area contributed by atoms with Gasteiger partial charge in [-0.05, 0) is 55.3 Å². The number of nitrogens with zero attached hydrogens (tertiary/aromatic N) is 4. The first-order chi connectivity index (χ1) is 18.7. The van der Waals surface area contributed by atoms with Crippen LogP contribution in [0.15, 0.2) is 73.4 Å². The highest BCUT2D eigenvalue weighted by Gasteiger charge is 2.23. The van der Waals surface area contributed by atoms with Crippen LogP contribution >= 0.6 is 31.9 Å². The van der Waals surface area contributed by atoms with Crippen LogP contribution in [0.5, 0.6) is 11.5 Å². The zero-order valence-corrected chi connectivity index (χ0v) is 24.7. The lowest BCUT2D eigenvalue weighted by Gasteiger charge is -2.14. The highest BCUT2D eigenvalue weighted by atomic mass is 79.9. The lowest BCUT2D eigenvalue weighted by atomic mass is 10.1. The van der Waals surface area contributed by atoms with E-state index in [2.05, 4.69) is 37.0 Å². The van der Waals surface area contributed by atoms with Crippen molar-refractivity contribution in [2.24, 2.45) is 5.10 Å². The highest BCUT2D eigenvalue weighted by molar-refractivity contribution is 9.10. The quantitative estimate of drug-likeness (QED) is 0.101. The van der Waals surface area contributed by atoms with Gasteiger partial charge in [0.1, 0.15) is 12.4 Å². The lowest BCUT2D eigenvalue weighted by molar-refractivity contribution is -0.386. The van der Waals surface area contributed by atoms with E-state index in [0.29, 0.717) is 22.3 Å². The molecule has 0 aliphatic rings. The van der Waals surface area contributed by atoms with Crippen LogP contribution in [0.2, 0.25) is 0 Å². The maximum absolute atomic E-state index is 13.4. The summed E-state index contributed by atoms with van der Waals surface area (Å²) in [7, 11) is 0. The predicted molar refractivity (Wildman–Crippen MR) is 158 cm³/mol. The van der Waals surface area contributed by atoms with Crippen molar-refractivity contribution in [3.05, 3.63) is 101 Å². The number of nitro benzene ring substituents is 1. The topological polar surface area (TPSA) is 109 Å². The fourth-order valence-electron chi connectivity index (χ4n) is 3.87. The number of hydrogen-bond acceptors (Lipinski definition) is 7. The van der Waals surface area contributed by atoms with Gasteiger partial charge in [0.2, 0.25) is 5.75 Å². The Morgan fingerprint density at radius 1 is 1.08 bits per heavy atom. The van der Waals surface area contributed by atoms with E-state index in [1.54, 1.807) is 25.1 Å². The molecule has 0 aliphatic heterocycles. The Bertz CT molecular complexity index is 1600. The largest absolute Gasteiger partial charge is 0.490 e. The van der Waals surface area contributed by atoms with Gasteiger partial charge in [0.05, 0.1) is 28.6 Å². The molecule has 0 spiro atoms. The van der Waals surface area contributed by atoms with E-state index in [9.17, 15) is 14.9 Å². The molecule has 4 rings (SSSR count). The van der Waals surface area contributed by atoms with Crippen molar-refractivity contribution in [1.29, 1.82) is 0 Å². The third-order valence-corrected chi connectivity index (χ3v) is 7.08. The number of benzene rings is 3. The summed E-state index contributed by atoms with van der Waals surface area (Å²) in [6.07, 6.45) is 2.14. The van der Waals surface area contributed by atoms with E-state index in [-0.39, 0.29) is 41.9 Å². The molecular formula is C28H26Br2N4O5. The number of halogens is 2. The summed E-state index contributed by atoms with van der Waals surface area (Å²) < 4.78 is 14.5. The van der Waals surface area contributed by atoms with Crippen molar-refractivity contribution in [3.8, 4) is 11.5 Å². The Labute approximate surface area is 241 Å². The third kappa shape index (κ3) is 6.54. The second kappa shape index (κ2) is 12.5. The standard InChI is InChI=1S/C28H26Br2N4O5/c1-4-17(3)27-32-23-11-10-21(30)14-22(23)28(35)33(27)31-15-19-12-24(34(36)37)26(25(13-19)38-5-2)39-16-18-6-8-20(29)9-7-18/h6-15,17H,4-5,16H2,1-3H3/t17-/m1/s1. The number of hydrogen-bond donors (Lipinski definition) is 0. The first-order valence-corrected chi connectivity index (χ1v) is 13.9. The second-order valence-corrected chi connectivity index (χ2v) is 10.6. The highest BCUT2D eigenvalue weighted by Crippen LogP contribution is 2.39. The van der Waals surface area contributed by atoms with Crippen LogP contribution in [-0.2, 0) is 6.61 Å². The average Bonchev–Trinajstić information content (AvgIpc) is 2.92. The first kappa shape index (κ1) is 28.4. The van der Waals surface area contributed by atoms with E-state index in [0.717, 1.165) is 20.9 Å². The second-order valence-electron chi connectivity index (χ2n) is 8.77. The van der Waals surface area contributed by atoms with Crippen LogP contribution in [0.3, 0.4) is 0 Å². The summed E-state index contributed by atoms with van der Waals surface area (Å²) in [5.74, 6) is 0.685. The van der Waals surface area contributed by atoms with Crippen LogP contribution in [0, 0.1) is 10.1 Å². The zero-order valence-electron chi connectivity index (χ0n) is 21.6. The van der Waals surface area contributed by atoms with Crippen molar-refractivity contribution in [2.45, 2.75) is 39.7 Å². The maximum atomic E-state index is 13.4. The summed E-state index contributed by atoms with van der Waals surface area (Å²) in [5, 5.41) is 16.9. The van der Waals surface area contributed by atoms with Gasteiger partial charge in [-0.3, -0.25) is 14.9 Å². The van der Waals surface area contributed by atoms with Crippen molar-refractivity contribution >= 4 is 54.7 Å². The van der Waals surface area contributed by atoms with Gasteiger partial charge in [0, 0.05) is 26.5 Å². The Hall–Kier alpha value is -3.57. The number of ether oxygens (including phenoxy) is 2. The Balaban J connectivity index is 1.78.